The summed E-state index contributed by atoms with van der Waals surface area (Å²) in [5, 5.41) is 4.25. The van der Waals surface area contributed by atoms with Crippen LogP contribution in [-0.4, -0.2) is 20.2 Å². The van der Waals surface area contributed by atoms with Crippen molar-refractivity contribution in [3.63, 3.8) is 0 Å². The van der Waals surface area contributed by atoms with Gasteiger partial charge in [-0.15, -0.1) is 0 Å². The van der Waals surface area contributed by atoms with Crippen molar-refractivity contribution in [1.29, 1.82) is 0 Å². The lowest BCUT2D eigenvalue weighted by molar-refractivity contribution is 0.170. The number of rotatable bonds is 6. The zero-order valence-corrected chi connectivity index (χ0v) is 12.0. The molecule has 18 heavy (non-hydrogen) atoms. The first kappa shape index (κ1) is 13.7. The van der Waals surface area contributed by atoms with Crippen molar-refractivity contribution in [2.45, 2.75) is 26.2 Å². The maximum atomic E-state index is 6.07. The first-order chi connectivity index (χ1) is 8.74. The van der Waals surface area contributed by atoms with Gasteiger partial charge in [0.15, 0.2) is 0 Å². The van der Waals surface area contributed by atoms with E-state index >= 15 is 0 Å². The summed E-state index contributed by atoms with van der Waals surface area (Å²) in [4.78, 5) is 0. The molecule has 0 amide bonds. The van der Waals surface area contributed by atoms with Gasteiger partial charge >= 0.3 is 0 Å². The second-order valence-electron chi connectivity index (χ2n) is 5.07. The van der Waals surface area contributed by atoms with Gasteiger partial charge < -0.3 is 10.1 Å². The van der Waals surface area contributed by atoms with Crippen molar-refractivity contribution in [2.24, 2.45) is 11.8 Å². The van der Waals surface area contributed by atoms with E-state index in [4.69, 9.17) is 16.3 Å². The Morgan fingerprint density at radius 3 is 2.72 bits per heavy atom. The normalized spacial score (nSPS) is 22.6. The maximum Gasteiger partial charge on any atom is 0.122 e. The van der Waals surface area contributed by atoms with Gasteiger partial charge in [0, 0.05) is 5.02 Å². The summed E-state index contributed by atoms with van der Waals surface area (Å²) in [5.74, 6) is 2.55. The van der Waals surface area contributed by atoms with Gasteiger partial charge in [-0.05, 0) is 68.0 Å². The van der Waals surface area contributed by atoms with E-state index in [0.29, 0.717) is 0 Å². The molecule has 2 nitrogen and oxygen atoms in total. The lowest BCUT2D eigenvalue weighted by atomic mass is 9.70. The zero-order valence-electron chi connectivity index (χ0n) is 11.2. The van der Waals surface area contributed by atoms with E-state index in [-0.39, 0.29) is 0 Å². The molecule has 0 spiro atoms. The molecule has 0 heterocycles. The standard InChI is InChI=1S/C15H22ClNO/c1-3-17-10-12-5-4-11(12)8-13-9-14(16)6-7-15(13)18-2/h6-7,9,11-12,17H,3-5,8,10H2,1-2H3. The molecule has 1 aliphatic carbocycles. The van der Waals surface area contributed by atoms with Crippen LogP contribution in [0.15, 0.2) is 18.2 Å². The molecule has 0 aliphatic heterocycles. The van der Waals surface area contributed by atoms with Crippen molar-refractivity contribution in [3.8, 4) is 5.75 Å². The highest BCUT2D eigenvalue weighted by Crippen LogP contribution is 2.38. The molecule has 0 bridgehead atoms. The Morgan fingerprint density at radius 1 is 1.33 bits per heavy atom. The number of ether oxygens (including phenoxy) is 1. The van der Waals surface area contributed by atoms with Gasteiger partial charge in [-0.3, -0.25) is 0 Å². The Kier molecular flexibility index (Phi) is 4.90. The van der Waals surface area contributed by atoms with Gasteiger partial charge in [-0.25, -0.2) is 0 Å². The molecule has 1 aromatic carbocycles. The van der Waals surface area contributed by atoms with E-state index in [9.17, 15) is 0 Å². The number of methoxy groups -OCH3 is 1. The Morgan fingerprint density at radius 2 is 2.11 bits per heavy atom. The van der Waals surface area contributed by atoms with Crippen LogP contribution in [0.25, 0.3) is 0 Å². The number of halogens is 1. The van der Waals surface area contributed by atoms with Crippen molar-refractivity contribution < 1.29 is 4.74 Å². The molecule has 3 heteroatoms. The topological polar surface area (TPSA) is 21.3 Å². The average Bonchev–Trinajstić information content (AvgIpc) is 2.35. The Bertz CT molecular complexity index is 394. The Labute approximate surface area is 115 Å². The molecule has 1 aliphatic rings. The fourth-order valence-corrected chi connectivity index (χ4v) is 2.89. The highest BCUT2D eigenvalue weighted by atomic mass is 35.5. The molecule has 1 saturated carbocycles. The highest BCUT2D eigenvalue weighted by Gasteiger charge is 2.30. The average molecular weight is 268 g/mol. The predicted octanol–water partition coefficient (Wildman–Crippen LogP) is 3.53. The van der Waals surface area contributed by atoms with Crippen molar-refractivity contribution in [1.82, 2.24) is 5.32 Å². The number of hydrogen-bond acceptors (Lipinski definition) is 2. The molecule has 2 unspecified atom stereocenters. The molecule has 1 N–H and O–H groups in total. The van der Waals surface area contributed by atoms with Crippen LogP contribution in [0, 0.1) is 11.8 Å². The lowest BCUT2D eigenvalue weighted by Gasteiger charge is -2.37. The Hall–Kier alpha value is -0.730. The van der Waals surface area contributed by atoms with E-state index in [1.165, 1.54) is 18.4 Å². The second-order valence-corrected chi connectivity index (χ2v) is 5.50. The quantitative estimate of drug-likeness (QED) is 0.851. The van der Waals surface area contributed by atoms with E-state index in [2.05, 4.69) is 12.2 Å². The predicted molar refractivity (Wildman–Crippen MR) is 76.5 cm³/mol. The fourth-order valence-electron chi connectivity index (χ4n) is 2.69. The van der Waals surface area contributed by atoms with Crippen LogP contribution in [-0.2, 0) is 6.42 Å². The summed E-state index contributed by atoms with van der Waals surface area (Å²) in [6.45, 7) is 4.36. The van der Waals surface area contributed by atoms with E-state index in [1.54, 1.807) is 7.11 Å². The Balaban J connectivity index is 1.98. The second kappa shape index (κ2) is 6.44. The van der Waals surface area contributed by atoms with Gasteiger partial charge in [-0.2, -0.15) is 0 Å². The van der Waals surface area contributed by atoms with Crippen LogP contribution in [0.4, 0.5) is 0 Å². The fraction of sp³-hybridized carbons (Fsp3) is 0.600. The molecular formula is C15H22ClNO. The van der Waals surface area contributed by atoms with Gasteiger partial charge in [0.1, 0.15) is 5.75 Å². The summed E-state index contributed by atoms with van der Waals surface area (Å²) < 4.78 is 5.41. The minimum absolute atomic E-state index is 0.774. The molecule has 1 fully saturated rings. The van der Waals surface area contributed by atoms with Crippen LogP contribution in [0.5, 0.6) is 5.75 Å². The highest BCUT2D eigenvalue weighted by molar-refractivity contribution is 6.30. The van der Waals surface area contributed by atoms with Gasteiger partial charge in [0.05, 0.1) is 7.11 Å². The summed E-state index contributed by atoms with van der Waals surface area (Å²) >= 11 is 6.07. The summed E-state index contributed by atoms with van der Waals surface area (Å²) in [6, 6.07) is 5.90. The van der Waals surface area contributed by atoms with Gasteiger partial charge in [-0.1, -0.05) is 18.5 Å². The monoisotopic (exact) mass is 267 g/mol. The summed E-state index contributed by atoms with van der Waals surface area (Å²) in [7, 11) is 1.73. The van der Waals surface area contributed by atoms with Crippen LogP contribution in [0.3, 0.4) is 0 Å². The number of nitrogens with one attached hydrogen (secondary N) is 1. The minimum atomic E-state index is 0.774. The molecule has 100 valence electrons. The lowest BCUT2D eigenvalue weighted by Crippen LogP contribution is -2.36. The van der Waals surface area contributed by atoms with Crippen molar-refractivity contribution >= 4 is 11.6 Å². The molecule has 2 atom stereocenters. The van der Waals surface area contributed by atoms with Crippen LogP contribution < -0.4 is 10.1 Å². The van der Waals surface area contributed by atoms with Gasteiger partial charge in [0.2, 0.25) is 0 Å². The largest absolute Gasteiger partial charge is 0.496 e. The third-order valence-electron chi connectivity index (χ3n) is 3.96. The smallest absolute Gasteiger partial charge is 0.122 e. The molecular weight excluding hydrogens is 246 g/mol. The summed E-state index contributed by atoms with van der Waals surface area (Å²) in [6.07, 6.45) is 3.76. The molecule has 1 aromatic rings. The van der Waals surface area contributed by atoms with E-state index < -0.39 is 0 Å². The summed E-state index contributed by atoms with van der Waals surface area (Å²) in [5.41, 5.74) is 1.25. The molecule has 0 saturated heterocycles. The van der Waals surface area contributed by atoms with Crippen LogP contribution in [0.1, 0.15) is 25.3 Å². The third kappa shape index (κ3) is 3.18. The van der Waals surface area contributed by atoms with E-state index in [1.807, 2.05) is 18.2 Å². The number of hydrogen-bond donors (Lipinski definition) is 1. The van der Waals surface area contributed by atoms with E-state index in [0.717, 1.165) is 42.1 Å². The first-order valence-electron chi connectivity index (χ1n) is 6.77. The van der Waals surface area contributed by atoms with Crippen molar-refractivity contribution in [3.05, 3.63) is 28.8 Å². The molecule has 0 radical (unpaired) electrons. The zero-order chi connectivity index (χ0) is 13.0. The van der Waals surface area contributed by atoms with Crippen LogP contribution in [0.2, 0.25) is 5.02 Å². The molecule has 0 aromatic heterocycles. The first-order valence-corrected chi connectivity index (χ1v) is 7.15. The van der Waals surface area contributed by atoms with Gasteiger partial charge in [0.25, 0.3) is 0 Å². The maximum absolute atomic E-state index is 6.07. The molecule has 2 rings (SSSR count). The van der Waals surface area contributed by atoms with Crippen molar-refractivity contribution in [2.75, 3.05) is 20.2 Å². The van der Waals surface area contributed by atoms with Crippen LogP contribution >= 0.6 is 11.6 Å². The minimum Gasteiger partial charge on any atom is -0.496 e. The SMILES string of the molecule is CCNCC1CCC1Cc1cc(Cl)ccc1OC. The number of benzene rings is 1. The third-order valence-corrected chi connectivity index (χ3v) is 4.19.